The number of esters is 2. The zero-order chi connectivity index (χ0) is 16.3. The molecule has 0 saturated heterocycles. The monoisotopic (exact) mass is 294 g/mol. The topological polar surface area (TPSA) is 111 Å². The molecule has 0 radical (unpaired) electrons. The molecule has 0 aromatic carbocycles. The van der Waals surface area contributed by atoms with Crippen LogP contribution in [0, 0.1) is 0 Å². The van der Waals surface area contributed by atoms with Crippen molar-refractivity contribution < 1.29 is 28.7 Å². The third-order valence-electron chi connectivity index (χ3n) is 2.23. The first-order chi connectivity index (χ1) is 10.0. The van der Waals surface area contributed by atoms with E-state index in [1.807, 2.05) is 0 Å². The summed E-state index contributed by atoms with van der Waals surface area (Å²) in [7, 11) is 0. The number of isocyanates is 2. The highest BCUT2D eigenvalue weighted by molar-refractivity contribution is 5.88. The van der Waals surface area contributed by atoms with Crippen molar-refractivity contribution in [2.24, 2.45) is 9.98 Å². The zero-order valence-corrected chi connectivity index (χ0v) is 11.6. The molecule has 0 rings (SSSR count). The van der Waals surface area contributed by atoms with Gasteiger partial charge < -0.3 is 9.47 Å². The predicted molar refractivity (Wildman–Crippen MR) is 70.2 cm³/mol. The van der Waals surface area contributed by atoms with Crippen molar-refractivity contribution in [3.63, 3.8) is 0 Å². The number of carbonyl (C=O) groups is 2. The highest BCUT2D eigenvalue weighted by Gasteiger charge is 2.28. The van der Waals surface area contributed by atoms with Crippen LogP contribution < -0.4 is 0 Å². The summed E-state index contributed by atoms with van der Waals surface area (Å²) in [6.45, 7) is 6.49. The summed E-state index contributed by atoms with van der Waals surface area (Å²) in [5.74, 6) is -1.73. The number of rotatable bonds is 8. The van der Waals surface area contributed by atoms with Gasteiger partial charge in [-0.05, 0) is 13.3 Å². The summed E-state index contributed by atoms with van der Waals surface area (Å²) in [4.78, 5) is 49.9. The Morgan fingerprint density at radius 2 is 1.71 bits per heavy atom. The molecular formula is C13H14N2O6. The summed E-state index contributed by atoms with van der Waals surface area (Å²) in [6.07, 6.45) is 1.70. The van der Waals surface area contributed by atoms with Gasteiger partial charge in [0.15, 0.2) is 0 Å². The molecule has 0 aliphatic heterocycles. The number of aliphatic imine (C=N–C) groups is 2. The average Bonchev–Trinajstić information content (AvgIpc) is 2.47. The quantitative estimate of drug-likeness (QED) is 0.285. The van der Waals surface area contributed by atoms with Crippen LogP contribution in [0.15, 0.2) is 34.3 Å². The minimum absolute atomic E-state index is 0.310. The minimum Gasteiger partial charge on any atom is -0.429 e. The second kappa shape index (κ2) is 10.0. The van der Waals surface area contributed by atoms with E-state index in [0.717, 1.165) is 18.2 Å². The molecule has 0 fully saturated rings. The average molecular weight is 294 g/mol. The Morgan fingerprint density at radius 1 is 1.19 bits per heavy atom. The van der Waals surface area contributed by atoms with E-state index in [2.05, 4.69) is 21.3 Å². The second-order valence-electron chi connectivity index (χ2n) is 3.44. The van der Waals surface area contributed by atoms with Gasteiger partial charge in [-0.2, -0.15) is 9.98 Å². The number of allylic oxidation sites excluding steroid dienone is 1. The fourth-order valence-electron chi connectivity index (χ4n) is 1.22. The highest BCUT2D eigenvalue weighted by Crippen LogP contribution is 2.12. The van der Waals surface area contributed by atoms with Crippen molar-refractivity contribution >= 4 is 24.1 Å². The van der Waals surface area contributed by atoms with Gasteiger partial charge in [-0.15, -0.1) is 0 Å². The van der Waals surface area contributed by atoms with Gasteiger partial charge >= 0.3 is 11.9 Å². The van der Waals surface area contributed by atoms with E-state index < -0.39 is 24.4 Å². The highest BCUT2D eigenvalue weighted by atomic mass is 16.6. The van der Waals surface area contributed by atoms with E-state index in [-0.39, 0.29) is 0 Å². The lowest BCUT2D eigenvalue weighted by Gasteiger charge is -2.18. The Morgan fingerprint density at radius 3 is 2.10 bits per heavy atom. The van der Waals surface area contributed by atoms with Crippen molar-refractivity contribution in [2.75, 3.05) is 0 Å². The summed E-state index contributed by atoms with van der Waals surface area (Å²) >= 11 is 0. The fourth-order valence-corrected chi connectivity index (χ4v) is 1.22. The van der Waals surface area contributed by atoms with E-state index in [9.17, 15) is 19.2 Å². The maximum Gasteiger partial charge on any atom is 0.335 e. The van der Waals surface area contributed by atoms with Crippen molar-refractivity contribution in [3.8, 4) is 0 Å². The molecule has 0 aliphatic carbocycles. The molecule has 0 heterocycles. The van der Waals surface area contributed by atoms with Crippen LogP contribution in [0.5, 0.6) is 0 Å². The molecule has 2 atom stereocenters. The molecule has 21 heavy (non-hydrogen) atoms. The van der Waals surface area contributed by atoms with Crippen LogP contribution in [-0.2, 0) is 28.7 Å². The van der Waals surface area contributed by atoms with E-state index in [0.29, 0.717) is 12.0 Å². The van der Waals surface area contributed by atoms with Crippen molar-refractivity contribution in [1.29, 1.82) is 0 Å². The maximum atomic E-state index is 11.8. The van der Waals surface area contributed by atoms with E-state index in [4.69, 9.17) is 4.74 Å². The van der Waals surface area contributed by atoms with Gasteiger partial charge in [0, 0.05) is 11.6 Å². The van der Waals surface area contributed by atoms with Gasteiger partial charge in [-0.3, -0.25) is 0 Å². The van der Waals surface area contributed by atoms with Crippen LogP contribution in [0.1, 0.15) is 20.3 Å². The molecule has 0 spiro atoms. The van der Waals surface area contributed by atoms with Gasteiger partial charge in [0.2, 0.25) is 12.2 Å². The van der Waals surface area contributed by atoms with Gasteiger partial charge in [0.25, 0.3) is 12.5 Å². The smallest absolute Gasteiger partial charge is 0.335 e. The minimum atomic E-state index is -1.65. The molecule has 0 aromatic heterocycles. The van der Waals surface area contributed by atoms with Crippen LogP contribution in [0.25, 0.3) is 0 Å². The number of hydrogen-bond donors (Lipinski definition) is 0. The lowest BCUT2D eigenvalue weighted by molar-refractivity contribution is -0.161. The molecule has 2 unspecified atom stereocenters. The van der Waals surface area contributed by atoms with E-state index >= 15 is 0 Å². The summed E-state index contributed by atoms with van der Waals surface area (Å²) in [5, 5.41) is 0. The Bertz CT molecular complexity index is 527. The lowest BCUT2D eigenvalue weighted by Crippen LogP contribution is -2.32. The first-order valence-corrected chi connectivity index (χ1v) is 5.87. The molecule has 0 bridgehead atoms. The third kappa shape index (κ3) is 6.24. The second-order valence-corrected chi connectivity index (χ2v) is 3.44. The standard InChI is InChI=1S/C13H14N2O6/c1-4-9(5-2)13(19)21-12(15-8-17)11(14-7-16)20-10(18)6-3/h4,6,11-12H,3,5H2,1-2H3. The predicted octanol–water partition coefficient (Wildman–Crippen LogP) is 0.939. The van der Waals surface area contributed by atoms with Crippen LogP contribution in [-0.4, -0.2) is 36.6 Å². The molecule has 0 saturated carbocycles. The number of hydrogen-bond acceptors (Lipinski definition) is 8. The molecule has 8 heteroatoms. The number of carbonyl (C=O) groups excluding carboxylic acids is 4. The SMILES string of the molecule is C=CC(=O)OC(N=C=O)C(N=C=O)OC(=O)C(=CC)CC. The molecule has 0 aromatic rings. The van der Waals surface area contributed by atoms with Crippen LogP contribution in [0.3, 0.4) is 0 Å². The Labute approximate surface area is 120 Å². The Balaban J connectivity index is 5.27. The van der Waals surface area contributed by atoms with Gasteiger partial charge in [0.1, 0.15) is 0 Å². The summed E-state index contributed by atoms with van der Waals surface area (Å²) < 4.78 is 9.52. The largest absolute Gasteiger partial charge is 0.429 e. The van der Waals surface area contributed by atoms with Crippen molar-refractivity contribution in [2.45, 2.75) is 32.7 Å². The Kier molecular flexibility index (Phi) is 8.68. The number of nitrogens with zero attached hydrogens (tertiary/aromatic N) is 2. The third-order valence-corrected chi connectivity index (χ3v) is 2.23. The van der Waals surface area contributed by atoms with Crippen LogP contribution in [0.4, 0.5) is 0 Å². The molecular weight excluding hydrogens is 280 g/mol. The Hall–Kier alpha value is -2.82. The van der Waals surface area contributed by atoms with Gasteiger partial charge in [-0.25, -0.2) is 19.2 Å². The molecule has 0 amide bonds. The number of ether oxygens (including phenoxy) is 2. The fraction of sp³-hybridized carbons (Fsp3) is 0.385. The first-order valence-electron chi connectivity index (χ1n) is 5.87. The summed E-state index contributed by atoms with van der Waals surface area (Å²) in [5.41, 5.74) is 0.310. The normalized spacial score (nSPS) is 13.0. The molecule has 0 N–H and O–H groups in total. The maximum absolute atomic E-state index is 11.8. The van der Waals surface area contributed by atoms with E-state index in [1.54, 1.807) is 13.8 Å². The van der Waals surface area contributed by atoms with Crippen molar-refractivity contribution in [1.82, 2.24) is 0 Å². The molecule has 8 nitrogen and oxygen atoms in total. The van der Waals surface area contributed by atoms with E-state index in [1.165, 1.54) is 6.08 Å². The van der Waals surface area contributed by atoms with Gasteiger partial charge in [0.05, 0.1) is 0 Å². The summed E-state index contributed by atoms with van der Waals surface area (Å²) in [6, 6.07) is 0. The first kappa shape index (κ1) is 18.2. The van der Waals surface area contributed by atoms with Crippen LogP contribution >= 0.6 is 0 Å². The molecule has 0 aliphatic rings. The molecule has 112 valence electrons. The lowest BCUT2D eigenvalue weighted by atomic mass is 10.2. The van der Waals surface area contributed by atoms with Crippen molar-refractivity contribution in [3.05, 3.63) is 24.3 Å². The zero-order valence-electron chi connectivity index (χ0n) is 11.6. The van der Waals surface area contributed by atoms with Gasteiger partial charge in [-0.1, -0.05) is 19.6 Å². The van der Waals surface area contributed by atoms with Crippen LogP contribution in [0.2, 0.25) is 0 Å².